The van der Waals surface area contributed by atoms with Gasteiger partial charge in [-0.3, -0.25) is 4.79 Å². The summed E-state index contributed by atoms with van der Waals surface area (Å²) < 4.78 is 57.9. The Morgan fingerprint density at radius 3 is 2.06 bits per heavy atom. The fourth-order valence-electron chi connectivity index (χ4n) is 3.43. The van der Waals surface area contributed by atoms with E-state index in [1.807, 2.05) is 37.3 Å². The number of amides is 1. The molecule has 1 aromatic heterocycles. The minimum atomic E-state index is -3.91. The van der Waals surface area contributed by atoms with Gasteiger partial charge in [0.2, 0.25) is 25.0 Å². The highest BCUT2D eigenvalue weighted by atomic mass is 32.2. The molecule has 1 amide bonds. The average Bonchev–Trinajstić information content (AvgIpc) is 3.37. The minimum absolute atomic E-state index is 0.0587. The van der Waals surface area contributed by atoms with E-state index in [0.29, 0.717) is 5.69 Å². The van der Waals surface area contributed by atoms with Crippen LogP contribution in [0.1, 0.15) is 21.7 Å². The first kappa shape index (κ1) is 25.4. The summed E-state index contributed by atoms with van der Waals surface area (Å²) in [6, 6.07) is 23.7. The molecule has 10 heteroatoms. The highest BCUT2D eigenvalue weighted by Gasteiger charge is 2.24. The summed E-state index contributed by atoms with van der Waals surface area (Å²) in [5.74, 6) is -0.864. The summed E-state index contributed by atoms with van der Waals surface area (Å²) in [6.07, 6.45) is 0. The van der Waals surface area contributed by atoms with Gasteiger partial charge in [0.25, 0.3) is 5.91 Å². The van der Waals surface area contributed by atoms with E-state index in [-0.39, 0.29) is 27.2 Å². The quantitative estimate of drug-likeness (QED) is 0.363. The topological polar surface area (TPSA) is 114 Å². The van der Waals surface area contributed by atoms with Crippen molar-refractivity contribution in [1.29, 1.82) is 0 Å². The van der Waals surface area contributed by atoms with E-state index in [2.05, 4.69) is 5.32 Å². The number of rotatable bonds is 8. The van der Waals surface area contributed by atoms with Crippen molar-refractivity contribution in [2.45, 2.75) is 28.4 Å². The van der Waals surface area contributed by atoms with Crippen molar-refractivity contribution in [3.8, 4) is 0 Å². The molecule has 1 heterocycles. The van der Waals surface area contributed by atoms with Crippen LogP contribution in [0.15, 0.2) is 110 Å². The van der Waals surface area contributed by atoms with E-state index in [0.717, 1.165) is 11.1 Å². The Balaban J connectivity index is 1.45. The van der Waals surface area contributed by atoms with Gasteiger partial charge in [-0.2, -0.15) is 4.31 Å². The lowest BCUT2D eigenvalue weighted by Gasteiger charge is -2.17. The number of hydrogen-bond donors (Lipinski definition) is 1. The molecule has 0 saturated heterocycles. The lowest BCUT2D eigenvalue weighted by molar-refractivity contribution is 0.0991. The molecule has 4 aromatic rings. The van der Waals surface area contributed by atoms with Crippen LogP contribution >= 0.6 is 0 Å². The predicted octanol–water partition coefficient (Wildman–Crippen LogP) is 4.49. The zero-order valence-electron chi connectivity index (χ0n) is 19.6. The Morgan fingerprint density at radius 1 is 0.806 bits per heavy atom. The maximum absolute atomic E-state index is 12.9. The molecule has 1 N–H and O–H groups in total. The number of nitrogens with one attached hydrogen (secondary N) is 1. The van der Waals surface area contributed by atoms with Gasteiger partial charge in [0.1, 0.15) is 0 Å². The zero-order valence-corrected chi connectivity index (χ0v) is 21.2. The SMILES string of the molecule is Cc1ccc(S(=O)(=O)c2ccc(C(=O)Nc3ccc(S(=O)(=O)N(C)Cc4ccccc4)cc3)o2)cc1. The van der Waals surface area contributed by atoms with Gasteiger partial charge in [-0.1, -0.05) is 48.0 Å². The third kappa shape index (κ3) is 5.40. The van der Waals surface area contributed by atoms with Crippen LogP contribution in [0.2, 0.25) is 0 Å². The first-order valence-corrected chi connectivity index (χ1v) is 13.8. The summed E-state index contributed by atoms with van der Waals surface area (Å²) >= 11 is 0. The van der Waals surface area contributed by atoms with Gasteiger partial charge in [-0.25, -0.2) is 16.8 Å². The van der Waals surface area contributed by atoms with Crippen LogP contribution in [-0.2, 0) is 26.4 Å². The van der Waals surface area contributed by atoms with Gasteiger partial charge in [0.15, 0.2) is 5.76 Å². The molecule has 3 aromatic carbocycles. The standard InChI is InChI=1S/C26H24N2O6S2/c1-19-8-12-22(13-9-19)35(30,31)25-17-16-24(34-25)26(29)27-21-10-14-23(15-11-21)36(32,33)28(2)18-20-6-4-3-5-7-20/h3-17H,18H2,1-2H3,(H,27,29). The number of hydrogen-bond acceptors (Lipinski definition) is 6. The third-order valence-electron chi connectivity index (χ3n) is 5.47. The number of carbonyl (C=O) groups excluding carboxylic acids is 1. The Kier molecular flexibility index (Phi) is 7.11. The second-order valence-corrected chi connectivity index (χ2v) is 12.1. The van der Waals surface area contributed by atoms with Gasteiger partial charge in [0, 0.05) is 19.3 Å². The third-order valence-corrected chi connectivity index (χ3v) is 8.93. The number of furan rings is 1. The molecule has 0 atom stereocenters. The van der Waals surface area contributed by atoms with Gasteiger partial charge >= 0.3 is 0 Å². The zero-order chi connectivity index (χ0) is 25.9. The summed E-state index contributed by atoms with van der Waals surface area (Å²) in [5.41, 5.74) is 2.09. The van der Waals surface area contributed by atoms with Crippen molar-refractivity contribution >= 4 is 31.5 Å². The first-order chi connectivity index (χ1) is 17.1. The van der Waals surface area contributed by atoms with E-state index < -0.39 is 25.8 Å². The molecule has 0 radical (unpaired) electrons. The van der Waals surface area contributed by atoms with Gasteiger partial charge in [0.05, 0.1) is 9.79 Å². The Labute approximate surface area is 210 Å². The van der Waals surface area contributed by atoms with E-state index in [9.17, 15) is 21.6 Å². The van der Waals surface area contributed by atoms with Crippen molar-refractivity contribution in [3.63, 3.8) is 0 Å². The van der Waals surface area contributed by atoms with Gasteiger partial charge in [-0.05, 0) is 61.0 Å². The summed E-state index contributed by atoms with van der Waals surface area (Å²) in [4.78, 5) is 12.7. The number of anilines is 1. The summed E-state index contributed by atoms with van der Waals surface area (Å²) in [5, 5.41) is 2.23. The van der Waals surface area contributed by atoms with Crippen molar-refractivity contribution < 1.29 is 26.0 Å². The molecule has 0 aliphatic carbocycles. The van der Waals surface area contributed by atoms with Crippen molar-refractivity contribution in [3.05, 3.63) is 108 Å². The summed E-state index contributed by atoms with van der Waals surface area (Å²) in [6.45, 7) is 2.06. The van der Waals surface area contributed by atoms with Crippen molar-refractivity contribution in [2.24, 2.45) is 0 Å². The number of sulfonamides is 1. The minimum Gasteiger partial charge on any atom is -0.439 e. The molecule has 0 aliphatic rings. The number of nitrogens with zero attached hydrogens (tertiary/aromatic N) is 1. The number of benzene rings is 3. The Morgan fingerprint density at radius 2 is 1.42 bits per heavy atom. The van der Waals surface area contributed by atoms with Crippen molar-refractivity contribution in [2.75, 3.05) is 12.4 Å². The Bertz CT molecular complexity index is 1580. The molecular formula is C26H24N2O6S2. The molecule has 0 aliphatic heterocycles. The maximum atomic E-state index is 12.9. The fourth-order valence-corrected chi connectivity index (χ4v) is 5.76. The molecule has 0 bridgehead atoms. The number of sulfone groups is 1. The van der Waals surface area contributed by atoms with Crippen LogP contribution < -0.4 is 5.32 Å². The van der Waals surface area contributed by atoms with Crippen LogP contribution in [0.25, 0.3) is 0 Å². The van der Waals surface area contributed by atoms with Crippen LogP contribution in [-0.4, -0.2) is 34.1 Å². The molecule has 36 heavy (non-hydrogen) atoms. The highest BCUT2D eigenvalue weighted by Crippen LogP contribution is 2.24. The lowest BCUT2D eigenvalue weighted by atomic mass is 10.2. The average molecular weight is 525 g/mol. The van der Waals surface area contributed by atoms with Crippen LogP contribution in [0.3, 0.4) is 0 Å². The number of carbonyl (C=O) groups is 1. The van der Waals surface area contributed by atoms with E-state index >= 15 is 0 Å². The van der Waals surface area contributed by atoms with E-state index in [1.54, 1.807) is 12.1 Å². The summed E-state index contributed by atoms with van der Waals surface area (Å²) in [7, 11) is -6.16. The molecule has 0 unspecified atom stereocenters. The monoisotopic (exact) mass is 524 g/mol. The lowest BCUT2D eigenvalue weighted by Crippen LogP contribution is -2.26. The molecule has 8 nitrogen and oxygen atoms in total. The van der Waals surface area contributed by atoms with E-state index in [1.165, 1.54) is 59.9 Å². The normalized spacial score (nSPS) is 12.0. The van der Waals surface area contributed by atoms with E-state index in [4.69, 9.17) is 4.42 Å². The predicted molar refractivity (Wildman–Crippen MR) is 135 cm³/mol. The number of aryl methyl sites for hydroxylation is 1. The van der Waals surface area contributed by atoms with Crippen LogP contribution in [0.4, 0.5) is 5.69 Å². The molecule has 186 valence electrons. The maximum Gasteiger partial charge on any atom is 0.291 e. The molecule has 0 spiro atoms. The molecule has 0 fully saturated rings. The highest BCUT2D eigenvalue weighted by molar-refractivity contribution is 7.91. The largest absolute Gasteiger partial charge is 0.439 e. The Hall–Kier alpha value is -3.73. The van der Waals surface area contributed by atoms with Crippen LogP contribution in [0, 0.1) is 6.92 Å². The van der Waals surface area contributed by atoms with Gasteiger partial charge < -0.3 is 9.73 Å². The van der Waals surface area contributed by atoms with Crippen LogP contribution in [0.5, 0.6) is 0 Å². The van der Waals surface area contributed by atoms with Gasteiger partial charge in [-0.15, -0.1) is 0 Å². The molecule has 0 saturated carbocycles. The smallest absolute Gasteiger partial charge is 0.291 e. The molecule has 4 rings (SSSR count). The second kappa shape index (κ2) is 10.1. The molecular weight excluding hydrogens is 500 g/mol. The fraction of sp³-hybridized carbons (Fsp3) is 0.115. The first-order valence-electron chi connectivity index (χ1n) is 10.9. The van der Waals surface area contributed by atoms with Crippen molar-refractivity contribution in [1.82, 2.24) is 4.31 Å². The second-order valence-electron chi connectivity index (χ2n) is 8.16.